The van der Waals surface area contributed by atoms with Crippen LogP contribution in [0, 0.1) is 19.7 Å². The number of nitrogens with zero attached hydrogens (tertiary/aromatic N) is 2. The minimum atomic E-state index is -0.518. The largest absolute Gasteiger partial charge is 0.350 e. The summed E-state index contributed by atoms with van der Waals surface area (Å²) in [6.07, 6.45) is 0. The van der Waals surface area contributed by atoms with E-state index < -0.39 is 5.82 Å². The monoisotopic (exact) mass is 399 g/mol. The number of aryl methyl sites for hydroxylation is 2. The van der Waals surface area contributed by atoms with Crippen molar-refractivity contribution in [2.75, 3.05) is 0 Å². The summed E-state index contributed by atoms with van der Waals surface area (Å²) in [6, 6.07) is 13.2. The lowest BCUT2D eigenvalue weighted by molar-refractivity contribution is -0.122. The number of aromatic nitrogens is 2. The van der Waals surface area contributed by atoms with Crippen molar-refractivity contribution in [3.05, 3.63) is 86.4 Å². The van der Waals surface area contributed by atoms with Crippen LogP contribution in [0.5, 0.6) is 0 Å². The molecule has 0 atom stereocenters. The molecule has 0 aliphatic heterocycles. The maximum Gasteiger partial charge on any atom is 0.267 e. The van der Waals surface area contributed by atoms with Gasteiger partial charge in [-0.1, -0.05) is 29.8 Å². The molecular formula is C21H19ClFN3O2. The average Bonchev–Trinajstić information content (AvgIpc) is 2.67. The van der Waals surface area contributed by atoms with Crippen LogP contribution < -0.4 is 10.9 Å². The van der Waals surface area contributed by atoms with Crippen LogP contribution in [0.3, 0.4) is 0 Å². The number of benzene rings is 2. The SMILES string of the molecule is Cc1ccc(-c2ccc(=O)n(CC(=O)NCc3ccc(F)c(Cl)c3)n2)cc1C. The van der Waals surface area contributed by atoms with Crippen LogP contribution in [0.25, 0.3) is 11.3 Å². The number of rotatable bonds is 5. The van der Waals surface area contributed by atoms with Gasteiger partial charge in [0.25, 0.3) is 5.56 Å². The van der Waals surface area contributed by atoms with E-state index in [1.54, 1.807) is 6.07 Å². The van der Waals surface area contributed by atoms with Crippen LogP contribution in [0.4, 0.5) is 4.39 Å². The molecule has 0 aliphatic rings. The van der Waals surface area contributed by atoms with Crippen molar-refractivity contribution in [1.82, 2.24) is 15.1 Å². The molecule has 3 aromatic rings. The number of hydrogen-bond donors (Lipinski definition) is 1. The Morgan fingerprint density at radius 2 is 1.89 bits per heavy atom. The Balaban J connectivity index is 1.72. The molecule has 0 spiro atoms. The Kier molecular flexibility index (Phi) is 5.90. The van der Waals surface area contributed by atoms with Gasteiger partial charge >= 0.3 is 0 Å². The molecule has 1 N–H and O–H groups in total. The van der Waals surface area contributed by atoms with Crippen molar-refractivity contribution in [2.45, 2.75) is 26.9 Å². The predicted octanol–water partition coefficient (Wildman–Crippen LogP) is 3.64. The second kappa shape index (κ2) is 8.35. The van der Waals surface area contributed by atoms with Crippen LogP contribution in [0.2, 0.25) is 5.02 Å². The molecule has 28 heavy (non-hydrogen) atoms. The molecule has 0 saturated carbocycles. The Bertz CT molecular complexity index is 1100. The summed E-state index contributed by atoms with van der Waals surface area (Å²) in [6.45, 7) is 3.98. The van der Waals surface area contributed by atoms with Gasteiger partial charge in [-0.05, 0) is 54.8 Å². The third-order valence-electron chi connectivity index (χ3n) is 4.44. The molecule has 3 rings (SSSR count). The molecule has 1 aromatic heterocycles. The molecule has 0 unspecified atom stereocenters. The van der Waals surface area contributed by atoms with Gasteiger partial charge in [0.2, 0.25) is 5.91 Å². The molecule has 0 radical (unpaired) electrons. The number of nitrogens with one attached hydrogen (secondary N) is 1. The van der Waals surface area contributed by atoms with Crippen molar-refractivity contribution < 1.29 is 9.18 Å². The first kappa shape index (κ1) is 19.8. The maximum absolute atomic E-state index is 13.2. The topological polar surface area (TPSA) is 64.0 Å². The fourth-order valence-electron chi connectivity index (χ4n) is 2.66. The zero-order chi connectivity index (χ0) is 20.3. The van der Waals surface area contributed by atoms with Gasteiger partial charge in [-0.15, -0.1) is 0 Å². The Hall–Kier alpha value is -2.99. The van der Waals surface area contributed by atoms with Gasteiger partial charge in [-0.2, -0.15) is 5.10 Å². The number of hydrogen-bond acceptors (Lipinski definition) is 3. The Labute approximate surface area is 166 Å². The van der Waals surface area contributed by atoms with Crippen LogP contribution in [-0.4, -0.2) is 15.7 Å². The van der Waals surface area contributed by atoms with Gasteiger partial charge in [0.05, 0.1) is 10.7 Å². The van der Waals surface area contributed by atoms with Crippen molar-refractivity contribution in [1.29, 1.82) is 0 Å². The van der Waals surface area contributed by atoms with Crippen molar-refractivity contribution >= 4 is 17.5 Å². The van der Waals surface area contributed by atoms with Crippen molar-refractivity contribution in [3.8, 4) is 11.3 Å². The zero-order valence-corrected chi connectivity index (χ0v) is 16.3. The van der Waals surface area contributed by atoms with Crippen LogP contribution >= 0.6 is 11.6 Å². The fraction of sp³-hybridized carbons (Fsp3) is 0.190. The van der Waals surface area contributed by atoms with Crippen LogP contribution in [0.15, 0.2) is 53.3 Å². The van der Waals surface area contributed by atoms with Crippen molar-refractivity contribution in [3.63, 3.8) is 0 Å². The van der Waals surface area contributed by atoms with Gasteiger partial charge < -0.3 is 5.32 Å². The summed E-state index contributed by atoms with van der Waals surface area (Å²) in [5.74, 6) is -0.900. The average molecular weight is 400 g/mol. The number of amides is 1. The van der Waals surface area contributed by atoms with Gasteiger partial charge in [-0.3, -0.25) is 9.59 Å². The summed E-state index contributed by atoms with van der Waals surface area (Å²) in [5.41, 5.74) is 4.06. The van der Waals surface area contributed by atoms with Crippen molar-refractivity contribution in [2.24, 2.45) is 0 Å². The smallest absolute Gasteiger partial charge is 0.267 e. The third kappa shape index (κ3) is 4.64. The summed E-state index contributed by atoms with van der Waals surface area (Å²) < 4.78 is 14.3. The highest BCUT2D eigenvalue weighted by Gasteiger charge is 2.09. The molecule has 7 heteroatoms. The van der Waals surface area contributed by atoms with E-state index in [4.69, 9.17) is 11.6 Å². The first-order valence-electron chi connectivity index (χ1n) is 8.70. The molecular weight excluding hydrogens is 381 g/mol. The first-order valence-corrected chi connectivity index (χ1v) is 9.08. The molecule has 5 nitrogen and oxygen atoms in total. The van der Waals surface area contributed by atoms with E-state index in [-0.39, 0.29) is 29.6 Å². The minimum absolute atomic E-state index is 0.00859. The van der Waals surface area contributed by atoms with Gasteiger partial charge in [0.1, 0.15) is 12.4 Å². The van der Waals surface area contributed by atoms with E-state index >= 15 is 0 Å². The zero-order valence-electron chi connectivity index (χ0n) is 15.5. The lowest BCUT2D eigenvalue weighted by atomic mass is 10.0. The lowest BCUT2D eigenvalue weighted by Gasteiger charge is -2.10. The highest BCUT2D eigenvalue weighted by molar-refractivity contribution is 6.30. The maximum atomic E-state index is 13.2. The molecule has 0 bridgehead atoms. The molecule has 1 amide bonds. The van der Waals surface area contributed by atoms with E-state index in [2.05, 4.69) is 10.4 Å². The van der Waals surface area contributed by atoms with E-state index in [0.717, 1.165) is 21.4 Å². The fourth-order valence-corrected chi connectivity index (χ4v) is 2.86. The molecule has 0 saturated heterocycles. The molecule has 144 valence electrons. The van der Waals surface area contributed by atoms with E-state index in [1.165, 1.54) is 24.3 Å². The highest BCUT2D eigenvalue weighted by Crippen LogP contribution is 2.19. The summed E-state index contributed by atoms with van der Waals surface area (Å²) >= 11 is 5.73. The van der Waals surface area contributed by atoms with Gasteiger partial charge in [-0.25, -0.2) is 9.07 Å². The quantitative estimate of drug-likeness (QED) is 0.712. The summed E-state index contributed by atoms with van der Waals surface area (Å²) in [7, 11) is 0. The van der Waals surface area contributed by atoms with E-state index in [1.807, 2.05) is 32.0 Å². The van der Waals surface area contributed by atoms with E-state index in [0.29, 0.717) is 11.3 Å². The number of halogens is 2. The van der Waals surface area contributed by atoms with Gasteiger partial charge in [0, 0.05) is 18.2 Å². The number of carbonyl (C=O) groups is 1. The second-order valence-electron chi connectivity index (χ2n) is 6.54. The standard InChI is InChI=1S/C21H19ClFN3O2/c1-13-3-5-16(9-14(13)2)19-7-8-21(28)26(25-19)12-20(27)24-11-15-4-6-18(23)17(22)10-15/h3-10H,11-12H2,1-2H3,(H,24,27). The normalized spacial score (nSPS) is 10.7. The molecule has 2 aromatic carbocycles. The predicted molar refractivity (Wildman–Crippen MR) is 107 cm³/mol. The molecule has 0 aliphatic carbocycles. The highest BCUT2D eigenvalue weighted by atomic mass is 35.5. The third-order valence-corrected chi connectivity index (χ3v) is 4.73. The Morgan fingerprint density at radius 1 is 1.11 bits per heavy atom. The van der Waals surface area contributed by atoms with Gasteiger partial charge in [0.15, 0.2) is 0 Å². The van der Waals surface area contributed by atoms with Crippen LogP contribution in [-0.2, 0) is 17.9 Å². The first-order chi connectivity index (χ1) is 13.3. The second-order valence-corrected chi connectivity index (χ2v) is 6.95. The summed E-state index contributed by atoms with van der Waals surface area (Å²) in [5, 5.41) is 6.98. The van der Waals surface area contributed by atoms with Crippen LogP contribution in [0.1, 0.15) is 16.7 Å². The molecule has 1 heterocycles. The Morgan fingerprint density at radius 3 is 2.61 bits per heavy atom. The minimum Gasteiger partial charge on any atom is -0.350 e. The lowest BCUT2D eigenvalue weighted by Crippen LogP contribution is -2.33. The summed E-state index contributed by atoms with van der Waals surface area (Å²) in [4.78, 5) is 24.3. The van der Waals surface area contributed by atoms with E-state index in [9.17, 15) is 14.0 Å². The molecule has 0 fully saturated rings. The number of carbonyl (C=O) groups excluding carboxylic acids is 1.